The van der Waals surface area contributed by atoms with Crippen LogP contribution < -0.4 is 0 Å². The van der Waals surface area contributed by atoms with E-state index in [1.165, 1.54) is 11.0 Å². The lowest BCUT2D eigenvalue weighted by atomic mass is 10.2. The van der Waals surface area contributed by atoms with Crippen molar-refractivity contribution >= 4 is 27.8 Å². The quantitative estimate of drug-likeness (QED) is 0.755. The van der Waals surface area contributed by atoms with Crippen LogP contribution in [-0.2, 0) is 11.3 Å². The van der Waals surface area contributed by atoms with Crippen LogP contribution in [0.25, 0.3) is 0 Å². The molecule has 0 aliphatic rings. The molecule has 0 unspecified atom stereocenters. The monoisotopic (exact) mass is 317 g/mol. The molecule has 0 aliphatic heterocycles. The third kappa shape index (κ3) is 7.65. The molecule has 20 heavy (non-hydrogen) atoms. The average molecular weight is 318 g/mol. The average Bonchev–Trinajstić information content (AvgIpc) is 2.40. The van der Waals surface area contributed by atoms with Gasteiger partial charge in [0, 0.05) is 18.5 Å². The van der Waals surface area contributed by atoms with Gasteiger partial charge in [0.15, 0.2) is 0 Å². The highest BCUT2D eigenvalue weighted by atomic mass is 35.7. The van der Waals surface area contributed by atoms with Gasteiger partial charge in [0.05, 0.1) is 0 Å². The first kappa shape index (κ1) is 19.1. The molecule has 3 nitrogen and oxygen atoms in total. The van der Waals surface area contributed by atoms with Crippen LogP contribution in [0.3, 0.4) is 0 Å². The largest absolute Gasteiger partial charge is 0.444 e. The minimum absolute atomic E-state index is 0.321. The summed E-state index contributed by atoms with van der Waals surface area (Å²) in [6.45, 7) is 10.1. The first-order valence-electron chi connectivity index (χ1n) is 6.63. The molecule has 1 aromatic rings. The van der Waals surface area contributed by atoms with Gasteiger partial charge in [0.2, 0.25) is 0 Å². The fourth-order valence-electron chi connectivity index (χ4n) is 1.32. The van der Waals surface area contributed by atoms with Crippen molar-refractivity contribution in [2.45, 2.75) is 51.7 Å². The molecule has 0 spiro atoms. The number of benzene rings is 1. The summed E-state index contributed by atoms with van der Waals surface area (Å²) >= 11 is 0. The maximum absolute atomic E-state index is 11.8. The molecule has 0 heterocycles. The van der Waals surface area contributed by atoms with Crippen molar-refractivity contribution < 1.29 is 9.53 Å². The van der Waals surface area contributed by atoms with Gasteiger partial charge in [-0.2, -0.15) is 0 Å². The maximum atomic E-state index is 11.8. The SMILES string of the molecule is CC.CN(Cc1ccc(SCl)cc1)C(=O)OC(C)(C)C. The smallest absolute Gasteiger partial charge is 0.410 e. The minimum Gasteiger partial charge on any atom is -0.444 e. The van der Waals surface area contributed by atoms with Crippen molar-refractivity contribution in [2.24, 2.45) is 0 Å². The summed E-state index contributed by atoms with van der Waals surface area (Å²) in [5.41, 5.74) is 0.572. The minimum atomic E-state index is -0.468. The summed E-state index contributed by atoms with van der Waals surface area (Å²) in [5, 5.41) is 0. The highest BCUT2D eigenvalue weighted by Crippen LogP contribution is 2.22. The molecular formula is C15H24ClNO2S. The van der Waals surface area contributed by atoms with Crippen molar-refractivity contribution in [1.82, 2.24) is 4.90 Å². The lowest BCUT2D eigenvalue weighted by molar-refractivity contribution is 0.0285. The number of amides is 1. The Labute approximate surface area is 131 Å². The van der Waals surface area contributed by atoms with Gasteiger partial charge < -0.3 is 9.64 Å². The molecule has 114 valence electrons. The Morgan fingerprint density at radius 1 is 1.25 bits per heavy atom. The molecule has 1 rings (SSSR count). The van der Waals surface area contributed by atoms with Crippen LogP contribution in [0.1, 0.15) is 40.2 Å². The second-order valence-electron chi connectivity index (χ2n) is 5.06. The Morgan fingerprint density at radius 2 is 1.75 bits per heavy atom. The fraction of sp³-hybridized carbons (Fsp3) is 0.533. The van der Waals surface area contributed by atoms with Gasteiger partial charge in [-0.05, 0) is 60.1 Å². The van der Waals surface area contributed by atoms with E-state index in [1.807, 2.05) is 58.9 Å². The Bertz CT molecular complexity index is 401. The second kappa shape index (κ2) is 9.14. The third-order valence-corrected chi connectivity index (χ3v) is 3.12. The number of hydrogen-bond acceptors (Lipinski definition) is 3. The van der Waals surface area contributed by atoms with Gasteiger partial charge >= 0.3 is 6.09 Å². The van der Waals surface area contributed by atoms with Gasteiger partial charge in [-0.25, -0.2) is 4.79 Å². The van der Waals surface area contributed by atoms with E-state index in [-0.39, 0.29) is 6.09 Å². The molecule has 0 radical (unpaired) electrons. The normalized spacial score (nSPS) is 10.3. The molecule has 0 aliphatic carbocycles. The predicted octanol–water partition coefficient (Wildman–Crippen LogP) is 5.33. The number of carbonyl (C=O) groups is 1. The molecule has 1 amide bonds. The van der Waals surface area contributed by atoms with E-state index in [0.29, 0.717) is 6.54 Å². The van der Waals surface area contributed by atoms with Crippen molar-refractivity contribution in [3.05, 3.63) is 29.8 Å². The summed E-state index contributed by atoms with van der Waals surface area (Å²) in [4.78, 5) is 14.3. The zero-order chi connectivity index (χ0) is 15.8. The highest BCUT2D eigenvalue weighted by Gasteiger charge is 2.19. The number of halogens is 1. The molecule has 0 N–H and O–H groups in total. The van der Waals surface area contributed by atoms with E-state index < -0.39 is 5.60 Å². The molecule has 0 saturated heterocycles. The summed E-state index contributed by atoms with van der Waals surface area (Å²) in [5.74, 6) is 0. The predicted molar refractivity (Wildman–Crippen MR) is 87.2 cm³/mol. The third-order valence-electron chi connectivity index (χ3n) is 2.14. The number of ether oxygens (including phenoxy) is 1. The zero-order valence-corrected chi connectivity index (χ0v) is 14.6. The number of rotatable bonds is 3. The molecule has 0 saturated carbocycles. The van der Waals surface area contributed by atoms with Gasteiger partial charge in [-0.15, -0.1) is 0 Å². The lowest BCUT2D eigenvalue weighted by Gasteiger charge is -2.24. The van der Waals surface area contributed by atoms with Crippen LogP contribution in [0.15, 0.2) is 29.2 Å². The van der Waals surface area contributed by atoms with E-state index in [1.54, 1.807) is 11.9 Å². The maximum Gasteiger partial charge on any atom is 0.410 e. The zero-order valence-electron chi connectivity index (χ0n) is 13.1. The van der Waals surface area contributed by atoms with Crippen LogP contribution in [-0.4, -0.2) is 23.6 Å². The van der Waals surface area contributed by atoms with E-state index >= 15 is 0 Å². The van der Waals surface area contributed by atoms with E-state index in [4.69, 9.17) is 15.4 Å². The Balaban J connectivity index is 0.00000172. The van der Waals surface area contributed by atoms with Crippen LogP contribution in [0, 0.1) is 0 Å². The van der Waals surface area contributed by atoms with Crippen LogP contribution in [0.2, 0.25) is 0 Å². The number of nitrogens with zero attached hydrogens (tertiary/aromatic N) is 1. The molecule has 0 bridgehead atoms. The van der Waals surface area contributed by atoms with E-state index in [9.17, 15) is 4.79 Å². The summed E-state index contributed by atoms with van der Waals surface area (Å²) in [6, 6.07) is 7.75. The Hall–Kier alpha value is -0.870. The molecular weight excluding hydrogens is 294 g/mol. The molecule has 0 fully saturated rings. The Morgan fingerprint density at radius 3 is 2.15 bits per heavy atom. The fourth-order valence-corrected chi connectivity index (χ4v) is 1.87. The topological polar surface area (TPSA) is 29.5 Å². The highest BCUT2D eigenvalue weighted by molar-refractivity contribution is 8.21. The summed E-state index contributed by atoms with van der Waals surface area (Å²) in [6.07, 6.45) is -0.321. The first-order valence-corrected chi connectivity index (χ1v) is 8.28. The molecule has 0 aromatic heterocycles. The van der Waals surface area contributed by atoms with Crippen molar-refractivity contribution in [1.29, 1.82) is 0 Å². The van der Waals surface area contributed by atoms with Gasteiger partial charge in [0.25, 0.3) is 0 Å². The Kier molecular flexibility index (Phi) is 8.74. The summed E-state index contributed by atoms with van der Waals surface area (Å²) in [7, 11) is 8.54. The summed E-state index contributed by atoms with van der Waals surface area (Å²) < 4.78 is 5.28. The molecule has 5 heteroatoms. The lowest BCUT2D eigenvalue weighted by Crippen LogP contribution is -2.33. The number of hydrogen-bond donors (Lipinski definition) is 0. The van der Waals surface area contributed by atoms with Crippen LogP contribution >= 0.6 is 21.7 Å². The molecule has 1 aromatic carbocycles. The van der Waals surface area contributed by atoms with E-state index in [2.05, 4.69) is 0 Å². The van der Waals surface area contributed by atoms with Crippen LogP contribution in [0.4, 0.5) is 4.79 Å². The number of carbonyl (C=O) groups excluding carboxylic acids is 1. The van der Waals surface area contributed by atoms with E-state index in [0.717, 1.165) is 10.5 Å². The van der Waals surface area contributed by atoms with Crippen LogP contribution in [0.5, 0.6) is 0 Å². The van der Waals surface area contributed by atoms with Crippen molar-refractivity contribution in [2.75, 3.05) is 7.05 Å². The molecule has 0 atom stereocenters. The first-order chi connectivity index (χ1) is 9.31. The van der Waals surface area contributed by atoms with Crippen molar-refractivity contribution in [3.8, 4) is 0 Å². The van der Waals surface area contributed by atoms with Gasteiger partial charge in [-0.1, -0.05) is 26.0 Å². The standard InChI is InChI=1S/C13H18ClNO2S.C2H6/c1-13(2,3)17-12(16)15(4)9-10-5-7-11(18-14)8-6-10;1-2/h5-8H,9H2,1-4H3;1-2H3. The second-order valence-corrected chi connectivity index (χ2v) is 6.15. The van der Waals surface area contributed by atoms with Gasteiger partial charge in [0.1, 0.15) is 5.60 Å². The van der Waals surface area contributed by atoms with Crippen molar-refractivity contribution in [3.63, 3.8) is 0 Å². The van der Waals surface area contributed by atoms with Gasteiger partial charge in [-0.3, -0.25) is 0 Å².